The summed E-state index contributed by atoms with van der Waals surface area (Å²) in [5.74, 6) is 0.815. The molecule has 0 saturated heterocycles. The molecular formula is C12H14ClN5O. The Labute approximate surface area is 116 Å². The number of hydrogen-bond donors (Lipinski definition) is 2. The second kappa shape index (κ2) is 5.71. The molecule has 100 valence electrons. The minimum absolute atomic E-state index is 0.238. The Bertz CT molecular complexity index is 568. The third-order valence-electron chi connectivity index (χ3n) is 2.54. The minimum Gasteiger partial charge on any atom is -0.467 e. The van der Waals surface area contributed by atoms with Gasteiger partial charge in [0.05, 0.1) is 7.11 Å². The van der Waals surface area contributed by atoms with Gasteiger partial charge in [-0.15, -0.1) is 0 Å². The zero-order chi connectivity index (χ0) is 13.8. The van der Waals surface area contributed by atoms with Crippen molar-refractivity contribution in [3.05, 3.63) is 28.8 Å². The zero-order valence-corrected chi connectivity index (χ0v) is 11.6. The lowest BCUT2D eigenvalue weighted by molar-refractivity contribution is 0.379. The highest BCUT2D eigenvalue weighted by atomic mass is 35.5. The average molecular weight is 280 g/mol. The van der Waals surface area contributed by atoms with Crippen LogP contribution in [0.15, 0.2) is 18.2 Å². The average Bonchev–Trinajstić information content (AvgIpc) is 2.43. The predicted octanol–water partition coefficient (Wildman–Crippen LogP) is 2.63. The van der Waals surface area contributed by atoms with E-state index in [0.29, 0.717) is 16.9 Å². The van der Waals surface area contributed by atoms with Gasteiger partial charge in [-0.2, -0.15) is 15.0 Å². The first-order chi connectivity index (χ1) is 9.13. The molecular weight excluding hydrogens is 266 g/mol. The van der Waals surface area contributed by atoms with Crippen molar-refractivity contribution < 1.29 is 4.74 Å². The Balaban J connectivity index is 2.34. The molecule has 0 bridgehead atoms. The molecule has 1 aromatic heterocycles. The Hall–Kier alpha value is -2.08. The molecule has 2 rings (SSSR count). The number of ether oxygens (including phenoxy) is 1. The van der Waals surface area contributed by atoms with Gasteiger partial charge in [-0.1, -0.05) is 17.7 Å². The van der Waals surface area contributed by atoms with Gasteiger partial charge in [-0.25, -0.2) is 0 Å². The van der Waals surface area contributed by atoms with E-state index in [2.05, 4.69) is 25.6 Å². The third kappa shape index (κ3) is 3.03. The van der Waals surface area contributed by atoms with Gasteiger partial charge in [0.2, 0.25) is 11.9 Å². The molecule has 0 atom stereocenters. The Morgan fingerprint density at radius 3 is 2.58 bits per heavy atom. The number of anilines is 3. The fourth-order valence-electron chi connectivity index (χ4n) is 1.48. The number of hydrogen-bond acceptors (Lipinski definition) is 6. The maximum absolute atomic E-state index is 6.07. The van der Waals surface area contributed by atoms with Crippen LogP contribution in [0.5, 0.6) is 6.01 Å². The largest absolute Gasteiger partial charge is 0.467 e. The lowest BCUT2D eigenvalue weighted by atomic mass is 10.2. The van der Waals surface area contributed by atoms with Gasteiger partial charge < -0.3 is 15.4 Å². The molecule has 0 aliphatic carbocycles. The summed E-state index contributed by atoms with van der Waals surface area (Å²) < 4.78 is 5.02. The second-order valence-electron chi connectivity index (χ2n) is 3.76. The lowest BCUT2D eigenvalue weighted by Crippen LogP contribution is -2.06. The summed E-state index contributed by atoms with van der Waals surface area (Å²) in [5.41, 5.74) is 1.76. The second-order valence-corrected chi connectivity index (χ2v) is 4.16. The summed E-state index contributed by atoms with van der Waals surface area (Å²) >= 11 is 6.07. The molecule has 0 aliphatic heterocycles. The first-order valence-electron chi connectivity index (χ1n) is 5.64. The molecule has 2 aromatic rings. The van der Waals surface area contributed by atoms with E-state index in [-0.39, 0.29) is 6.01 Å². The van der Waals surface area contributed by atoms with Crippen LogP contribution in [0.3, 0.4) is 0 Å². The number of halogens is 1. The van der Waals surface area contributed by atoms with E-state index in [1.54, 1.807) is 7.05 Å². The molecule has 0 spiro atoms. The van der Waals surface area contributed by atoms with Crippen LogP contribution in [0.25, 0.3) is 0 Å². The van der Waals surface area contributed by atoms with E-state index in [1.165, 1.54) is 7.11 Å². The number of rotatable bonds is 4. The SMILES string of the molecule is CNc1nc(Nc2cccc(Cl)c2C)nc(OC)n1. The molecule has 0 aliphatic rings. The number of nitrogens with zero attached hydrogens (tertiary/aromatic N) is 3. The van der Waals surface area contributed by atoms with E-state index in [9.17, 15) is 0 Å². The van der Waals surface area contributed by atoms with Gasteiger partial charge in [-0.05, 0) is 24.6 Å². The summed E-state index contributed by atoms with van der Waals surface area (Å²) in [5, 5.41) is 6.62. The quantitative estimate of drug-likeness (QED) is 0.896. The summed E-state index contributed by atoms with van der Waals surface area (Å²) in [4.78, 5) is 12.4. The van der Waals surface area contributed by atoms with Crippen molar-refractivity contribution in [2.24, 2.45) is 0 Å². The van der Waals surface area contributed by atoms with E-state index in [1.807, 2.05) is 25.1 Å². The molecule has 7 heteroatoms. The fourth-order valence-corrected chi connectivity index (χ4v) is 1.65. The van der Waals surface area contributed by atoms with Crippen LogP contribution in [0.2, 0.25) is 5.02 Å². The van der Waals surface area contributed by atoms with Gasteiger partial charge in [0.25, 0.3) is 0 Å². The standard InChI is InChI=1S/C12H14ClN5O/c1-7-8(13)5-4-6-9(7)15-11-16-10(14-2)17-12(18-11)19-3/h4-6H,1-3H3,(H2,14,15,16,17,18). The van der Waals surface area contributed by atoms with Crippen molar-refractivity contribution in [2.45, 2.75) is 6.92 Å². The first kappa shape index (κ1) is 13.4. The van der Waals surface area contributed by atoms with Gasteiger partial charge in [-0.3, -0.25) is 0 Å². The summed E-state index contributed by atoms with van der Waals surface area (Å²) in [7, 11) is 3.23. The number of benzene rings is 1. The monoisotopic (exact) mass is 279 g/mol. The molecule has 6 nitrogen and oxygen atoms in total. The van der Waals surface area contributed by atoms with E-state index >= 15 is 0 Å². The molecule has 19 heavy (non-hydrogen) atoms. The molecule has 2 N–H and O–H groups in total. The highest BCUT2D eigenvalue weighted by Crippen LogP contribution is 2.25. The maximum Gasteiger partial charge on any atom is 0.322 e. The van der Waals surface area contributed by atoms with E-state index in [4.69, 9.17) is 16.3 Å². The van der Waals surface area contributed by atoms with E-state index < -0.39 is 0 Å². The molecule has 0 saturated carbocycles. The van der Waals surface area contributed by atoms with Crippen molar-refractivity contribution >= 4 is 29.2 Å². The molecule has 0 unspecified atom stereocenters. The zero-order valence-electron chi connectivity index (χ0n) is 10.9. The third-order valence-corrected chi connectivity index (χ3v) is 2.94. The van der Waals surface area contributed by atoms with Crippen molar-refractivity contribution in [1.29, 1.82) is 0 Å². The van der Waals surface area contributed by atoms with Crippen molar-refractivity contribution in [3.63, 3.8) is 0 Å². The van der Waals surface area contributed by atoms with Crippen LogP contribution in [0.4, 0.5) is 17.6 Å². The van der Waals surface area contributed by atoms with Crippen LogP contribution in [0, 0.1) is 6.92 Å². The van der Waals surface area contributed by atoms with Crippen LogP contribution in [-0.4, -0.2) is 29.1 Å². The maximum atomic E-state index is 6.07. The van der Waals surface area contributed by atoms with Crippen molar-refractivity contribution in [3.8, 4) is 6.01 Å². The van der Waals surface area contributed by atoms with Crippen molar-refractivity contribution in [1.82, 2.24) is 15.0 Å². The smallest absolute Gasteiger partial charge is 0.322 e. The number of methoxy groups -OCH3 is 1. The highest BCUT2D eigenvalue weighted by molar-refractivity contribution is 6.31. The molecule has 0 fully saturated rings. The molecule has 0 amide bonds. The summed E-state index contributed by atoms with van der Waals surface area (Å²) in [6.07, 6.45) is 0. The molecule has 0 radical (unpaired) electrons. The van der Waals surface area contributed by atoms with Crippen LogP contribution in [0.1, 0.15) is 5.56 Å². The lowest BCUT2D eigenvalue weighted by Gasteiger charge is -2.10. The van der Waals surface area contributed by atoms with Crippen LogP contribution < -0.4 is 15.4 Å². The van der Waals surface area contributed by atoms with Gasteiger partial charge in [0.1, 0.15) is 0 Å². The Morgan fingerprint density at radius 2 is 1.89 bits per heavy atom. The topological polar surface area (TPSA) is 72.0 Å². The predicted molar refractivity (Wildman–Crippen MR) is 75.4 cm³/mol. The van der Waals surface area contributed by atoms with Gasteiger partial charge >= 0.3 is 6.01 Å². The number of nitrogens with one attached hydrogen (secondary N) is 2. The van der Waals surface area contributed by atoms with Gasteiger partial charge in [0.15, 0.2) is 0 Å². The summed E-state index contributed by atoms with van der Waals surface area (Å²) in [6, 6.07) is 5.82. The normalized spacial score (nSPS) is 10.1. The number of aromatic nitrogens is 3. The van der Waals surface area contributed by atoms with Crippen molar-refractivity contribution in [2.75, 3.05) is 24.8 Å². The fraction of sp³-hybridized carbons (Fsp3) is 0.250. The molecule has 1 aromatic carbocycles. The van der Waals surface area contributed by atoms with Crippen LogP contribution >= 0.6 is 11.6 Å². The van der Waals surface area contributed by atoms with Gasteiger partial charge in [0, 0.05) is 17.8 Å². The minimum atomic E-state index is 0.238. The Morgan fingerprint density at radius 1 is 1.16 bits per heavy atom. The van der Waals surface area contributed by atoms with E-state index in [0.717, 1.165) is 11.3 Å². The van der Waals surface area contributed by atoms with Crippen LogP contribution in [-0.2, 0) is 0 Å². The molecule has 1 heterocycles. The highest BCUT2D eigenvalue weighted by Gasteiger charge is 2.08. The first-order valence-corrected chi connectivity index (χ1v) is 6.01. The Kier molecular flexibility index (Phi) is 4.01. The summed E-state index contributed by atoms with van der Waals surface area (Å²) in [6.45, 7) is 1.92.